The van der Waals surface area contributed by atoms with Crippen LogP contribution in [0.25, 0.3) is 0 Å². The van der Waals surface area contributed by atoms with Gasteiger partial charge >= 0.3 is 0 Å². The van der Waals surface area contributed by atoms with Gasteiger partial charge in [-0.1, -0.05) is 11.6 Å². The molecule has 0 bridgehead atoms. The second-order valence-corrected chi connectivity index (χ2v) is 9.46. The number of hydrogen-bond donors (Lipinski definition) is 2. The van der Waals surface area contributed by atoms with Gasteiger partial charge in [-0.3, -0.25) is 13.8 Å². The van der Waals surface area contributed by atoms with Crippen LogP contribution in [-0.2, 0) is 20.4 Å². The number of hydrogen-bond acceptors (Lipinski definition) is 5. The van der Waals surface area contributed by atoms with Crippen molar-refractivity contribution in [1.82, 2.24) is 10.6 Å². The topological polar surface area (TPSA) is 93.7 Å². The summed E-state index contributed by atoms with van der Waals surface area (Å²) in [7, 11) is -1.05. The molecule has 0 heterocycles. The van der Waals surface area contributed by atoms with Gasteiger partial charge in [0.25, 0.3) is 11.8 Å². The lowest BCUT2D eigenvalue weighted by Crippen LogP contribution is -2.45. The lowest BCUT2D eigenvalue weighted by Gasteiger charge is -2.29. The predicted octanol–water partition coefficient (Wildman–Crippen LogP) is 3.08. The molecule has 0 saturated heterocycles. The lowest BCUT2D eigenvalue weighted by molar-refractivity contribution is -0.125. The first kappa shape index (κ1) is 24.1. The minimum Gasteiger partial charge on any atom is -0.484 e. The zero-order valence-corrected chi connectivity index (χ0v) is 19.4. The van der Waals surface area contributed by atoms with Crippen molar-refractivity contribution in [2.75, 3.05) is 19.5 Å². The molecule has 0 aliphatic heterocycles. The molecule has 7 nitrogen and oxygen atoms in total. The second-order valence-electron chi connectivity index (χ2n) is 7.64. The summed E-state index contributed by atoms with van der Waals surface area (Å²) in [5.41, 5.74) is 0. The maximum atomic E-state index is 12.2. The fourth-order valence-corrected chi connectivity index (χ4v) is 4.12. The molecule has 2 aromatic rings. The summed E-state index contributed by atoms with van der Waals surface area (Å²) in [6.45, 7) is -0.127. The summed E-state index contributed by atoms with van der Waals surface area (Å²) >= 11 is 5.83. The molecule has 1 aliphatic carbocycles. The first-order valence-corrected chi connectivity index (χ1v) is 12.4. The number of carbonyl (C=O) groups is 2. The molecule has 1 unspecified atom stereocenters. The van der Waals surface area contributed by atoms with E-state index in [9.17, 15) is 13.8 Å². The van der Waals surface area contributed by atoms with Crippen molar-refractivity contribution in [3.05, 3.63) is 53.6 Å². The summed E-state index contributed by atoms with van der Waals surface area (Å²) in [5, 5.41) is 6.58. The highest BCUT2D eigenvalue weighted by Crippen LogP contribution is 2.19. The molecule has 2 amide bonds. The third kappa shape index (κ3) is 7.84. The van der Waals surface area contributed by atoms with E-state index in [0.717, 1.165) is 25.7 Å². The van der Waals surface area contributed by atoms with Crippen molar-refractivity contribution in [3.8, 4) is 11.5 Å². The summed E-state index contributed by atoms with van der Waals surface area (Å²) in [5.74, 6) is 0.798. The van der Waals surface area contributed by atoms with Crippen LogP contribution < -0.4 is 20.1 Å². The average molecular weight is 479 g/mol. The smallest absolute Gasteiger partial charge is 0.258 e. The van der Waals surface area contributed by atoms with Crippen LogP contribution >= 0.6 is 11.6 Å². The van der Waals surface area contributed by atoms with E-state index < -0.39 is 10.8 Å². The highest BCUT2D eigenvalue weighted by molar-refractivity contribution is 7.84. The molecule has 1 atom stereocenters. The van der Waals surface area contributed by atoms with Gasteiger partial charge in [0, 0.05) is 39.1 Å². The molecule has 1 fully saturated rings. The first-order chi connectivity index (χ1) is 15.4. The SMILES string of the molecule is CS(=O)c1ccc(OCC(=O)NC2CCC(NC(=O)COc3ccc(Cl)cc3)CC2)cc1. The standard InChI is InChI=1S/C23H27ClN2O5S/c1-32(29)21-12-10-20(11-13-21)31-15-23(28)26-18-6-4-17(5-7-18)25-22(27)14-30-19-8-2-16(24)3-9-19/h2-3,8-13,17-18H,4-7,14-15H2,1H3,(H,25,27)(H,26,28). The molecule has 0 aromatic heterocycles. The van der Waals surface area contributed by atoms with E-state index in [1.165, 1.54) is 0 Å². The van der Waals surface area contributed by atoms with Crippen molar-refractivity contribution in [3.63, 3.8) is 0 Å². The molecule has 2 N–H and O–H groups in total. The normalized spacial score (nSPS) is 18.9. The Morgan fingerprint density at radius 1 is 0.844 bits per heavy atom. The van der Waals surface area contributed by atoms with Crippen LogP contribution in [0.1, 0.15) is 25.7 Å². The zero-order chi connectivity index (χ0) is 22.9. The third-order valence-corrected chi connectivity index (χ3v) is 6.35. The largest absolute Gasteiger partial charge is 0.484 e. The summed E-state index contributed by atoms with van der Waals surface area (Å²) in [6, 6.07) is 13.8. The van der Waals surface area contributed by atoms with E-state index in [0.29, 0.717) is 21.4 Å². The highest BCUT2D eigenvalue weighted by atomic mass is 35.5. The van der Waals surface area contributed by atoms with E-state index in [1.54, 1.807) is 54.8 Å². The van der Waals surface area contributed by atoms with Gasteiger partial charge in [0.2, 0.25) is 0 Å². The monoisotopic (exact) mass is 478 g/mol. The second kappa shape index (κ2) is 11.9. The molecule has 1 aliphatic rings. The number of carbonyl (C=O) groups excluding carboxylic acids is 2. The van der Waals surface area contributed by atoms with Crippen molar-refractivity contribution < 1.29 is 23.3 Å². The molecule has 1 saturated carbocycles. The number of ether oxygens (including phenoxy) is 2. The molecule has 3 rings (SSSR count). The van der Waals surface area contributed by atoms with Crippen LogP contribution in [0, 0.1) is 0 Å². The maximum absolute atomic E-state index is 12.2. The lowest BCUT2D eigenvalue weighted by atomic mass is 9.91. The van der Waals surface area contributed by atoms with E-state index in [4.69, 9.17) is 21.1 Å². The minimum atomic E-state index is -1.05. The maximum Gasteiger partial charge on any atom is 0.258 e. The van der Waals surface area contributed by atoms with Gasteiger partial charge < -0.3 is 20.1 Å². The molecule has 2 aromatic carbocycles. The Morgan fingerprint density at radius 3 is 1.66 bits per heavy atom. The van der Waals surface area contributed by atoms with Gasteiger partial charge in [-0.05, 0) is 74.2 Å². The average Bonchev–Trinajstić information content (AvgIpc) is 2.79. The van der Waals surface area contributed by atoms with Gasteiger partial charge in [-0.2, -0.15) is 0 Å². The fourth-order valence-electron chi connectivity index (χ4n) is 3.48. The van der Waals surface area contributed by atoms with Gasteiger partial charge in [0.05, 0.1) is 0 Å². The van der Waals surface area contributed by atoms with Crippen LogP contribution in [0.5, 0.6) is 11.5 Å². The molecule has 0 radical (unpaired) electrons. The Morgan fingerprint density at radius 2 is 1.25 bits per heavy atom. The quantitative estimate of drug-likeness (QED) is 0.577. The minimum absolute atomic E-state index is 0.0508. The number of benzene rings is 2. The van der Waals surface area contributed by atoms with Crippen molar-refractivity contribution in [1.29, 1.82) is 0 Å². The number of halogens is 1. The molecule has 32 heavy (non-hydrogen) atoms. The molecule has 9 heteroatoms. The zero-order valence-electron chi connectivity index (χ0n) is 17.8. The van der Waals surface area contributed by atoms with Gasteiger partial charge in [0.1, 0.15) is 11.5 Å². The van der Waals surface area contributed by atoms with Gasteiger partial charge in [-0.25, -0.2) is 0 Å². The van der Waals surface area contributed by atoms with Crippen molar-refractivity contribution >= 4 is 34.2 Å². The first-order valence-electron chi connectivity index (χ1n) is 10.4. The van der Waals surface area contributed by atoms with Crippen molar-refractivity contribution in [2.24, 2.45) is 0 Å². The van der Waals surface area contributed by atoms with Crippen LogP contribution in [0.4, 0.5) is 0 Å². The number of nitrogens with one attached hydrogen (secondary N) is 2. The highest BCUT2D eigenvalue weighted by Gasteiger charge is 2.23. The van der Waals surface area contributed by atoms with Crippen LogP contribution in [-0.4, -0.2) is 47.6 Å². The van der Waals surface area contributed by atoms with Crippen molar-refractivity contribution in [2.45, 2.75) is 42.7 Å². The van der Waals surface area contributed by atoms with E-state index in [1.807, 2.05) is 0 Å². The molecule has 172 valence electrons. The fraction of sp³-hybridized carbons (Fsp3) is 0.391. The Bertz CT molecular complexity index is 928. The Labute approximate surface area is 195 Å². The molecule has 0 spiro atoms. The van der Waals surface area contributed by atoms with Gasteiger partial charge in [0.15, 0.2) is 13.2 Å². The van der Waals surface area contributed by atoms with E-state index >= 15 is 0 Å². The molecular weight excluding hydrogens is 452 g/mol. The van der Waals surface area contributed by atoms with E-state index in [2.05, 4.69) is 10.6 Å². The van der Waals surface area contributed by atoms with Gasteiger partial charge in [-0.15, -0.1) is 0 Å². The Kier molecular flexibility index (Phi) is 8.93. The number of rotatable bonds is 9. The Hall–Kier alpha value is -2.58. The summed E-state index contributed by atoms with van der Waals surface area (Å²) in [6.07, 6.45) is 4.75. The molecular formula is C23H27ClN2O5S. The van der Waals surface area contributed by atoms with Crippen LogP contribution in [0.15, 0.2) is 53.4 Å². The van der Waals surface area contributed by atoms with E-state index in [-0.39, 0.29) is 37.1 Å². The van der Waals surface area contributed by atoms with Crippen LogP contribution in [0.3, 0.4) is 0 Å². The number of amides is 2. The summed E-state index contributed by atoms with van der Waals surface area (Å²) in [4.78, 5) is 25.0. The Balaban J connectivity index is 1.31. The third-order valence-electron chi connectivity index (χ3n) is 5.17. The predicted molar refractivity (Wildman–Crippen MR) is 124 cm³/mol. The summed E-state index contributed by atoms with van der Waals surface area (Å²) < 4.78 is 22.4. The van der Waals surface area contributed by atoms with Crippen LogP contribution in [0.2, 0.25) is 5.02 Å².